The number of aliphatic hydroxyl groups is 1. The Morgan fingerprint density at radius 1 is 0.838 bits per heavy atom. The summed E-state index contributed by atoms with van der Waals surface area (Å²) in [6, 6.07) is 18.5. The molecule has 0 aromatic heterocycles. The summed E-state index contributed by atoms with van der Waals surface area (Å²) in [5.41, 5.74) is 4.10. The summed E-state index contributed by atoms with van der Waals surface area (Å²) in [5.74, 6) is 2.70. The largest absolute Gasteiger partial charge is 0.492 e. The average Bonchev–Trinajstić information content (AvgIpc) is 2.89. The molecular weight excluding hydrogens is 460 g/mol. The molecule has 0 radical (unpaired) electrons. The van der Waals surface area contributed by atoms with Crippen molar-refractivity contribution in [3.05, 3.63) is 65.7 Å². The molecule has 4 aliphatic rings. The third-order valence-corrected chi connectivity index (χ3v) is 9.36. The second-order valence-corrected chi connectivity index (χ2v) is 11.9. The maximum atomic E-state index is 11.4. The molecule has 4 saturated carbocycles. The molecular formula is C33H38O4. The van der Waals surface area contributed by atoms with E-state index in [1.807, 2.05) is 12.1 Å². The predicted octanol–water partition coefficient (Wildman–Crippen LogP) is 7.60. The van der Waals surface area contributed by atoms with Crippen LogP contribution < -0.4 is 4.74 Å². The van der Waals surface area contributed by atoms with Gasteiger partial charge in [0.05, 0.1) is 12.2 Å². The molecule has 0 saturated heterocycles. The van der Waals surface area contributed by atoms with Gasteiger partial charge in [0.25, 0.3) is 0 Å². The minimum absolute atomic E-state index is 0.244. The van der Waals surface area contributed by atoms with Crippen molar-refractivity contribution < 1.29 is 19.7 Å². The highest BCUT2D eigenvalue weighted by Gasteiger charge is 2.51. The van der Waals surface area contributed by atoms with Crippen LogP contribution in [0.4, 0.5) is 0 Å². The first-order valence-corrected chi connectivity index (χ1v) is 14.2. The van der Waals surface area contributed by atoms with E-state index in [1.165, 1.54) is 54.9 Å². The molecule has 0 amide bonds. The van der Waals surface area contributed by atoms with Gasteiger partial charge in [0.1, 0.15) is 5.75 Å². The van der Waals surface area contributed by atoms with Crippen LogP contribution in [0.1, 0.15) is 80.1 Å². The summed E-state index contributed by atoms with van der Waals surface area (Å²) in [7, 11) is 0. The fraction of sp³-hybridized carbons (Fsp3) is 0.485. The van der Waals surface area contributed by atoms with Crippen LogP contribution in [0.25, 0.3) is 21.9 Å². The van der Waals surface area contributed by atoms with Crippen molar-refractivity contribution in [3.8, 4) is 16.9 Å². The number of carbonyl (C=O) groups is 1. The van der Waals surface area contributed by atoms with Crippen molar-refractivity contribution in [2.45, 2.75) is 69.6 Å². The Labute approximate surface area is 219 Å². The summed E-state index contributed by atoms with van der Waals surface area (Å²) in [5, 5.41) is 20.8. The van der Waals surface area contributed by atoms with Gasteiger partial charge < -0.3 is 14.9 Å². The molecule has 4 heteroatoms. The molecule has 0 spiro atoms. The van der Waals surface area contributed by atoms with Gasteiger partial charge in [0.2, 0.25) is 0 Å². The first kappa shape index (κ1) is 24.5. The van der Waals surface area contributed by atoms with Crippen molar-refractivity contribution >= 4 is 16.7 Å². The number of aromatic carboxylic acids is 1. The Morgan fingerprint density at radius 3 is 2.14 bits per heavy atom. The van der Waals surface area contributed by atoms with Gasteiger partial charge in [-0.05, 0) is 116 Å². The molecule has 0 atom stereocenters. The summed E-state index contributed by atoms with van der Waals surface area (Å²) < 4.78 is 6.56. The quantitative estimate of drug-likeness (QED) is 0.282. The van der Waals surface area contributed by atoms with Gasteiger partial charge in [-0.1, -0.05) is 42.8 Å². The van der Waals surface area contributed by atoms with Crippen molar-refractivity contribution in [1.29, 1.82) is 0 Å². The molecule has 194 valence electrons. The van der Waals surface area contributed by atoms with Crippen molar-refractivity contribution in [3.63, 3.8) is 0 Å². The number of ether oxygens (including phenoxy) is 1. The Kier molecular flexibility index (Phi) is 6.71. The number of hydrogen-bond acceptors (Lipinski definition) is 3. The van der Waals surface area contributed by atoms with Gasteiger partial charge in [-0.25, -0.2) is 4.79 Å². The van der Waals surface area contributed by atoms with Crippen LogP contribution >= 0.6 is 0 Å². The first-order valence-electron chi connectivity index (χ1n) is 14.2. The van der Waals surface area contributed by atoms with Crippen molar-refractivity contribution in [2.75, 3.05) is 13.2 Å². The SMILES string of the molecule is O=C(O)c1ccc(-c2ccc3ccc(C45CC6CC(CC(C6)C4)C5)cc3c2OCCCCCCO)cc1. The number of carboxylic acid groups (broad SMARTS) is 1. The van der Waals surface area contributed by atoms with Gasteiger partial charge in [0.15, 0.2) is 0 Å². The Morgan fingerprint density at radius 2 is 1.49 bits per heavy atom. The van der Waals surface area contributed by atoms with Crippen LogP contribution in [0.2, 0.25) is 0 Å². The van der Waals surface area contributed by atoms with Gasteiger partial charge in [-0.3, -0.25) is 0 Å². The highest BCUT2D eigenvalue weighted by atomic mass is 16.5. The van der Waals surface area contributed by atoms with E-state index in [1.54, 1.807) is 12.1 Å². The van der Waals surface area contributed by atoms with E-state index >= 15 is 0 Å². The zero-order chi connectivity index (χ0) is 25.4. The number of fused-ring (bicyclic) bond motifs is 1. The average molecular weight is 499 g/mol. The van der Waals surface area contributed by atoms with Crippen LogP contribution in [0.15, 0.2) is 54.6 Å². The van der Waals surface area contributed by atoms with E-state index in [4.69, 9.17) is 9.84 Å². The lowest BCUT2D eigenvalue weighted by Crippen LogP contribution is -2.48. The van der Waals surface area contributed by atoms with Gasteiger partial charge in [0, 0.05) is 17.6 Å². The van der Waals surface area contributed by atoms with Crippen LogP contribution in [0.3, 0.4) is 0 Å². The molecule has 0 heterocycles. The normalized spacial score (nSPS) is 26.0. The maximum Gasteiger partial charge on any atom is 0.335 e. The molecule has 0 unspecified atom stereocenters. The van der Waals surface area contributed by atoms with E-state index in [-0.39, 0.29) is 6.61 Å². The van der Waals surface area contributed by atoms with Crippen LogP contribution in [-0.2, 0) is 5.41 Å². The Hall–Kier alpha value is -2.85. The van der Waals surface area contributed by atoms with Crippen LogP contribution in [-0.4, -0.2) is 29.4 Å². The van der Waals surface area contributed by atoms with Gasteiger partial charge in [-0.2, -0.15) is 0 Å². The molecule has 3 aromatic rings. The zero-order valence-electron chi connectivity index (χ0n) is 21.6. The Balaban J connectivity index is 1.38. The zero-order valence-corrected chi connectivity index (χ0v) is 21.6. The summed E-state index contributed by atoms with van der Waals surface area (Å²) in [4.78, 5) is 11.4. The molecule has 37 heavy (non-hydrogen) atoms. The summed E-state index contributed by atoms with van der Waals surface area (Å²) >= 11 is 0. The highest BCUT2D eigenvalue weighted by molar-refractivity contribution is 5.96. The molecule has 4 bridgehead atoms. The molecule has 3 aromatic carbocycles. The highest BCUT2D eigenvalue weighted by Crippen LogP contribution is 2.61. The summed E-state index contributed by atoms with van der Waals surface area (Å²) in [6.07, 6.45) is 12.1. The van der Waals surface area contributed by atoms with E-state index in [9.17, 15) is 9.90 Å². The second kappa shape index (κ2) is 10.1. The van der Waals surface area contributed by atoms with Gasteiger partial charge >= 0.3 is 5.97 Å². The number of benzene rings is 3. The number of rotatable bonds is 10. The second-order valence-electron chi connectivity index (χ2n) is 11.9. The minimum atomic E-state index is -0.912. The minimum Gasteiger partial charge on any atom is -0.492 e. The van der Waals surface area contributed by atoms with Crippen molar-refractivity contribution in [2.24, 2.45) is 17.8 Å². The number of hydrogen-bond donors (Lipinski definition) is 2. The predicted molar refractivity (Wildman–Crippen MR) is 147 cm³/mol. The van der Waals surface area contributed by atoms with E-state index in [2.05, 4.69) is 30.3 Å². The molecule has 7 rings (SSSR count). The molecule has 0 aliphatic heterocycles. The standard InChI is InChI=1S/C33H38O4/c34-13-3-1-2-4-14-37-31-29(25-5-7-27(8-6-25)32(35)36)12-10-26-9-11-28(18-30(26)31)33-19-22-15-23(20-33)17-24(16-22)21-33/h5-12,18,22-24,34H,1-4,13-17,19-21H2,(H,35,36). The fourth-order valence-corrected chi connectivity index (χ4v) is 8.00. The lowest BCUT2D eigenvalue weighted by molar-refractivity contribution is -0.00513. The third-order valence-electron chi connectivity index (χ3n) is 9.36. The molecule has 2 N–H and O–H groups in total. The number of carboxylic acids is 1. The monoisotopic (exact) mass is 498 g/mol. The molecule has 4 aliphatic carbocycles. The maximum absolute atomic E-state index is 11.4. The smallest absolute Gasteiger partial charge is 0.335 e. The van der Waals surface area contributed by atoms with E-state index in [0.29, 0.717) is 17.6 Å². The first-order chi connectivity index (χ1) is 18.0. The topological polar surface area (TPSA) is 66.8 Å². The van der Waals surface area contributed by atoms with Crippen molar-refractivity contribution in [1.82, 2.24) is 0 Å². The third kappa shape index (κ3) is 4.77. The lowest BCUT2D eigenvalue weighted by atomic mass is 9.48. The number of aliphatic hydroxyl groups excluding tert-OH is 1. The Bertz CT molecular complexity index is 1240. The van der Waals surface area contributed by atoms with Crippen LogP contribution in [0, 0.1) is 17.8 Å². The molecule has 4 fully saturated rings. The van der Waals surface area contributed by atoms with E-state index in [0.717, 1.165) is 60.3 Å². The van der Waals surface area contributed by atoms with Gasteiger partial charge in [-0.15, -0.1) is 0 Å². The fourth-order valence-electron chi connectivity index (χ4n) is 8.00. The summed E-state index contributed by atoms with van der Waals surface area (Å²) in [6.45, 7) is 0.875. The van der Waals surface area contributed by atoms with Crippen LogP contribution in [0.5, 0.6) is 5.75 Å². The number of unbranched alkanes of at least 4 members (excludes halogenated alkanes) is 3. The molecule has 4 nitrogen and oxygen atoms in total. The van der Waals surface area contributed by atoms with E-state index < -0.39 is 5.97 Å². The lowest BCUT2D eigenvalue weighted by Gasteiger charge is -2.57.